The quantitative estimate of drug-likeness (QED) is 0.185. The molecule has 0 saturated carbocycles. The molecule has 220 valence electrons. The van der Waals surface area contributed by atoms with E-state index in [1.807, 2.05) is 53.1 Å². The Kier molecular flexibility index (Phi) is 5.40. The lowest BCUT2D eigenvalue weighted by Gasteiger charge is -2.17. The molecule has 10 rings (SSSR count). The summed E-state index contributed by atoms with van der Waals surface area (Å²) < 4.78 is 6.57. The second-order valence-corrected chi connectivity index (χ2v) is 12.1. The first-order valence-electron chi connectivity index (χ1n) is 15.9. The molecule has 0 saturated heterocycles. The Morgan fingerprint density at radius 2 is 0.766 bits per heavy atom. The molecule has 3 aromatic heterocycles. The van der Waals surface area contributed by atoms with E-state index >= 15 is 4.79 Å². The molecule has 7 aromatic carbocycles. The summed E-state index contributed by atoms with van der Waals surface area (Å²) >= 11 is 0. The predicted octanol–water partition coefficient (Wildman–Crippen LogP) is 10.3. The maximum atomic E-state index is 15.1. The average molecular weight is 602 g/mol. The fourth-order valence-electron chi connectivity index (χ4n) is 7.73. The fourth-order valence-corrected chi connectivity index (χ4v) is 7.73. The third kappa shape index (κ3) is 3.55. The standard InChI is InChI=1S/C43H27N3O/c47-43-35-26-27-38-40(33-21-11-13-23-37(33)44(38)28-14-4-1-5-15-28)39(35)34-25-24-32-31-20-10-12-22-36(31)45(29-16-6-2-7-17-29)41(32)42(34)46(43)30-18-8-3-9-19-30/h1-27H. The highest BCUT2D eigenvalue weighted by atomic mass is 16.1. The van der Waals surface area contributed by atoms with Gasteiger partial charge in [-0.25, -0.2) is 0 Å². The summed E-state index contributed by atoms with van der Waals surface area (Å²) in [5.41, 5.74) is 8.16. The van der Waals surface area contributed by atoms with E-state index in [2.05, 4.69) is 124 Å². The third-order valence-corrected chi connectivity index (χ3v) is 9.62. The fraction of sp³-hybridized carbons (Fsp3) is 0. The Hall–Kier alpha value is -6.39. The number of benzene rings is 7. The van der Waals surface area contributed by atoms with Gasteiger partial charge in [0.1, 0.15) is 0 Å². The summed E-state index contributed by atoms with van der Waals surface area (Å²) in [4.78, 5) is 15.1. The van der Waals surface area contributed by atoms with Crippen molar-refractivity contribution in [2.75, 3.05) is 0 Å². The van der Waals surface area contributed by atoms with Crippen LogP contribution in [0.15, 0.2) is 169 Å². The molecular weight excluding hydrogens is 574 g/mol. The van der Waals surface area contributed by atoms with Crippen molar-refractivity contribution < 1.29 is 0 Å². The van der Waals surface area contributed by atoms with Crippen molar-refractivity contribution in [3.8, 4) is 17.1 Å². The second kappa shape index (κ2) is 9.80. The summed E-state index contributed by atoms with van der Waals surface area (Å²) in [5.74, 6) is 0. The molecule has 0 aliphatic carbocycles. The molecule has 0 radical (unpaired) electrons. The van der Waals surface area contributed by atoms with Crippen molar-refractivity contribution in [1.82, 2.24) is 13.7 Å². The van der Waals surface area contributed by atoms with Crippen molar-refractivity contribution in [2.24, 2.45) is 0 Å². The SMILES string of the molecule is O=c1c2ccc3c(c4ccccc4n3-c3ccccc3)c2c2ccc3c4ccccc4n(-c4ccccc4)c3c2n1-c1ccccc1. The van der Waals surface area contributed by atoms with Crippen LogP contribution in [0.4, 0.5) is 0 Å². The van der Waals surface area contributed by atoms with E-state index in [1.54, 1.807) is 0 Å². The van der Waals surface area contributed by atoms with Gasteiger partial charge < -0.3 is 9.13 Å². The number of para-hydroxylation sites is 5. The zero-order valence-corrected chi connectivity index (χ0v) is 25.3. The van der Waals surface area contributed by atoms with Gasteiger partial charge in [0.05, 0.1) is 27.6 Å². The molecule has 0 aliphatic heterocycles. The Labute approximate surface area is 269 Å². The molecule has 0 fully saturated rings. The highest BCUT2D eigenvalue weighted by molar-refractivity contribution is 6.31. The van der Waals surface area contributed by atoms with Crippen molar-refractivity contribution in [1.29, 1.82) is 0 Å². The normalized spacial score (nSPS) is 11.9. The monoisotopic (exact) mass is 601 g/mol. The summed E-state index contributed by atoms with van der Waals surface area (Å²) in [6.45, 7) is 0. The Morgan fingerprint density at radius 1 is 0.298 bits per heavy atom. The first-order valence-corrected chi connectivity index (χ1v) is 15.9. The van der Waals surface area contributed by atoms with E-state index in [-0.39, 0.29) is 5.56 Å². The van der Waals surface area contributed by atoms with Gasteiger partial charge in [0.15, 0.2) is 0 Å². The topological polar surface area (TPSA) is 31.9 Å². The Morgan fingerprint density at radius 3 is 1.43 bits per heavy atom. The largest absolute Gasteiger partial charge is 0.309 e. The first kappa shape index (κ1) is 25.9. The molecule has 10 aromatic rings. The molecule has 0 bridgehead atoms. The molecule has 0 aliphatic rings. The average Bonchev–Trinajstić information content (AvgIpc) is 3.66. The van der Waals surface area contributed by atoms with Crippen molar-refractivity contribution in [2.45, 2.75) is 0 Å². The smallest absolute Gasteiger partial charge is 0.263 e. The highest BCUT2D eigenvalue weighted by Crippen LogP contribution is 2.43. The van der Waals surface area contributed by atoms with Crippen LogP contribution in [0.5, 0.6) is 0 Å². The highest BCUT2D eigenvalue weighted by Gasteiger charge is 2.24. The number of hydrogen-bond donors (Lipinski definition) is 0. The van der Waals surface area contributed by atoms with Crippen LogP contribution in [-0.4, -0.2) is 13.7 Å². The minimum atomic E-state index is -0.0329. The van der Waals surface area contributed by atoms with Gasteiger partial charge in [-0.1, -0.05) is 103 Å². The molecule has 47 heavy (non-hydrogen) atoms. The van der Waals surface area contributed by atoms with E-state index < -0.39 is 0 Å². The van der Waals surface area contributed by atoms with Crippen LogP contribution in [-0.2, 0) is 0 Å². The zero-order valence-electron chi connectivity index (χ0n) is 25.3. The number of pyridine rings is 1. The second-order valence-electron chi connectivity index (χ2n) is 12.1. The Bertz CT molecular complexity index is 2900. The third-order valence-electron chi connectivity index (χ3n) is 9.62. The lowest BCUT2D eigenvalue weighted by molar-refractivity contribution is 1.06. The van der Waals surface area contributed by atoms with Gasteiger partial charge in [-0.3, -0.25) is 9.36 Å². The van der Waals surface area contributed by atoms with Crippen LogP contribution in [0.25, 0.3) is 82.3 Å². The Balaban J connectivity index is 1.52. The lowest BCUT2D eigenvalue weighted by Crippen LogP contribution is -2.20. The molecule has 0 unspecified atom stereocenters. The number of aromatic nitrogens is 3. The molecule has 3 heterocycles. The molecule has 4 heteroatoms. The lowest BCUT2D eigenvalue weighted by atomic mass is 9.98. The van der Waals surface area contributed by atoms with Crippen molar-refractivity contribution in [3.63, 3.8) is 0 Å². The molecule has 0 amide bonds. The molecular formula is C43H27N3O. The molecule has 4 nitrogen and oxygen atoms in total. The molecule has 0 atom stereocenters. The van der Waals surface area contributed by atoms with Gasteiger partial charge in [-0.05, 0) is 60.7 Å². The van der Waals surface area contributed by atoms with Crippen molar-refractivity contribution in [3.05, 3.63) is 174 Å². The van der Waals surface area contributed by atoms with Gasteiger partial charge in [0.2, 0.25) is 0 Å². The van der Waals surface area contributed by atoms with E-state index in [9.17, 15) is 0 Å². The number of fused-ring (bicyclic) bond motifs is 11. The van der Waals surface area contributed by atoms with E-state index in [4.69, 9.17) is 0 Å². The van der Waals surface area contributed by atoms with Crippen LogP contribution in [0.3, 0.4) is 0 Å². The first-order chi connectivity index (χ1) is 23.3. The number of rotatable bonds is 3. The number of hydrogen-bond acceptors (Lipinski definition) is 1. The van der Waals surface area contributed by atoms with Crippen molar-refractivity contribution >= 4 is 65.3 Å². The molecule has 0 spiro atoms. The van der Waals surface area contributed by atoms with Crippen LogP contribution < -0.4 is 5.56 Å². The maximum Gasteiger partial charge on any atom is 0.263 e. The summed E-state index contributed by atoms with van der Waals surface area (Å²) in [6, 6.07) is 56.7. The summed E-state index contributed by atoms with van der Waals surface area (Å²) in [5, 5.41) is 7.19. The van der Waals surface area contributed by atoms with Crippen LogP contribution >= 0.6 is 0 Å². The van der Waals surface area contributed by atoms with E-state index in [0.717, 1.165) is 77.0 Å². The molecule has 0 N–H and O–H groups in total. The number of nitrogens with zero attached hydrogens (tertiary/aromatic N) is 3. The van der Waals surface area contributed by atoms with Gasteiger partial charge in [0, 0.05) is 54.8 Å². The summed E-state index contributed by atoms with van der Waals surface area (Å²) in [6.07, 6.45) is 0. The zero-order chi connectivity index (χ0) is 31.1. The van der Waals surface area contributed by atoms with Gasteiger partial charge in [0.25, 0.3) is 5.56 Å². The maximum absolute atomic E-state index is 15.1. The minimum Gasteiger partial charge on any atom is -0.309 e. The van der Waals surface area contributed by atoms with Crippen LogP contribution in [0.2, 0.25) is 0 Å². The van der Waals surface area contributed by atoms with Gasteiger partial charge in [-0.2, -0.15) is 0 Å². The predicted molar refractivity (Wildman–Crippen MR) is 196 cm³/mol. The van der Waals surface area contributed by atoms with Gasteiger partial charge in [-0.15, -0.1) is 0 Å². The summed E-state index contributed by atoms with van der Waals surface area (Å²) in [7, 11) is 0. The van der Waals surface area contributed by atoms with Gasteiger partial charge >= 0.3 is 0 Å². The van der Waals surface area contributed by atoms with E-state index in [0.29, 0.717) is 5.39 Å². The minimum absolute atomic E-state index is 0.0329. The van der Waals surface area contributed by atoms with Crippen LogP contribution in [0.1, 0.15) is 0 Å². The van der Waals surface area contributed by atoms with E-state index in [1.165, 1.54) is 0 Å². The van der Waals surface area contributed by atoms with Crippen LogP contribution in [0, 0.1) is 0 Å².